The molecule has 0 saturated carbocycles. The van der Waals surface area contributed by atoms with E-state index in [1.54, 1.807) is 6.20 Å². The highest BCUT2D eigenvalue weighted by atomic mass is 16.3. The van der Waals surface area contributed by atoms with Crippen molar-refractivity contribution in [2.45, 2.75) is 31.8 Å². The number of hydrogen-bond donors (Lipinski definition) is 2. The van der Waals surface area contributed by atoms with E-state index in [9.17, 15) is 9.90 Å². The number of fused-ring (bicyclic) bond motifs is 3. The van der Waals surface area contributed by atoms with Crippen LogP contribution in [0.1, 0.15) is 45.6 Å². The molecule has 1 amide bonds. The molecule has 2 aromatic carbocycles. The van der Waals surface area contributed by atoms with Gasteiger partial charge in [0.2, 0.25) is 0 Å². The highest BCUT2D eigenvalue weighted by molar-refractivity contribution is 6.05. The zero-order valence-electron chi connectivity index (χ0n) is 19.4. The summed E-state index contributed by atoms with van der Waals surface area (Å²) >= 11 is 0. The van der Waals surface area contributed by atoms with Crippen molar-refractivity contribution < 1.29 is 9.90 Å². The van der Waals surface area contributed by atoms with E-state index < -0.39 is 5.60 Å². The lowest BCUT2D eigenvalue weighted by Crippen LogP contribution is -2.58. The van der Waals surface area contributed by atoms with E-state index in [4.69, 9.17) is 0 Å². The normalized spacial score (nSPS) is 23.1. The van der Waals surface area contributed by atoms with Gasteiger partial charge in [-0.1, -0.05) is 54.5 Å². The second kappa shape index (κ2) is 9.42. The van der Waals surface area contributed by atoms with Crippen molar-refractivity contribution in [3.8, 4) is 11.8 Å². The molecule has 0 spiro atoms. The molecule has 6 rings (SSSR count). The summed E-state index contributed by atoms with van der Waals surface area (Å²) in [5, 5.41) is 14.2. The van der Waals surface area contributed by atoms with Crippen LogP contribution in [-0.4, -0.2) is 46.1 Å². The number of aliphatic hydroxyl groups is 1. The molecule has 172 valence electrons. The van der Waals surface area contributed by atoms with Crippen molar-refractivity contribution in [1.29, 1.82) is 0 Å². The maximum absolute atomic E-state index is 12.8. The van der Waals surface area contributed by atoms with Gasteiger partial charge in [0.25, 0.3) is 5.91 Å². The Labute approximate surface area is 200 Å². The average molecular weight is 452 g/mol. The van der Waals surface area contributed by atoms with E-state index in [1.165, 1.54) is 0 Å². The van der Waals surface area contributed by atoms with Crippen LogP contribution in [-0.2, 0) is 6.42 Å². The summed E-state index contributed by atoms with van der Waals surface area (Å²) < 4.78 is 0. The summed E-state index contributed by atoms with van der Waals surface area (Å²) in [6, 6.07) is 19.6. The summed E-state index contributed by atoms with van der Waals surface area (Å²) in [7, 11) is 0. The van der Waals surface area contributed by atoms with E-state index in [2.05, 4.69) is 39.2 Å². The number of nitrogens with one attached hydrogen (secondary N) is 1. The number of piperidine rings is 3. The first-order chi connectivity index (χ1) is 16.5. The number of anilines is 1. The van der Waals surface area contributed by atoms with Gasteiger partial charge < -0.3 is 10.4 Å². The summed E-state index contributed by atoms with van der Waals surface area (Å²) in [5.74, 6) is 6.44. The number of aryl methyl sites for hydroxylation is 1. The van der Waals surface area contributed by atoms with Gasteiger partial charge in [-0.15, -0.1) is 0 Å². The SMILES string of the molecule is Cc1ccccc1C(=O)Nc1cnc(C#CC2(O)CN3CCC2CC3)c(Cc2ccccc2)c1. The van der Waals surface area contributed by atoms with Gasteiger partial charge in [-0.2, -0.15) is 0 Å². The molecular weight excluding hydrogens is 422 g/mol. The van der Waals surface area contributed by atoms with Crippen LogP contribution >= 0.6 is 0 Å². The third kappa shape index (κ3) is 4.75. The second-order valence-electron chi connectivity index (χ2n) is 9.39. The molecule has 0 aliphatic carbocycles. The molecule has 2 N–H and O–H groups in total. The van der Waals surface area contributed by atoms with Gasteiger partial charge in [0.1, 0.15) is 11.3 Å². The number of rotatable bonds is 4. The van der Waals surface area contributed by atoms with Crippen molar-refractivity contribution in [3.63, 3.8) is 0 Å². The predicted octanol–water partition coefficient (Wildman–Crippen LogP) is 4.04. The van der Waals surface area contributed by atoms with Crippen LogP contribution in [0.25, 0.3) is 0 Å². The zero-order chi connectivity index (χ0) is 23.5. The summed E-state index contributed by atoms with van der Waals surface area (Å²) in [4.78, 5) is 19.7. The summed E-state index contributed by atoms with van der Waals surface area (Å²) in [5.41, 5.74) is 3.91. The number of carbonyl (C=O) groups is 1. The maximum atomic E-state index is 12.8. The predicted molar refractivity (Wildman–Crippen MR) is 134 cm³/mol. The Bertz CT molecular complexity index is 1250. The van der Waals surface area contributed by atoms with Crippen LogP contribution < -0.4 is 5.32 Å². The molecule has 0 radical (unpaired) electrons. The fraction of sp³-hybridized carbons (Fsp3) is 0.310. The molecule has 1 aromatic heterocycles. The van der Waals surface area contributed by atoms with Gasteiger partial charge in [0, 0.05) is 24.4 Å². The van der Waals surface area contributed by atoms with E-state index >= 15 is 0 Å². The largest absolute Gasteiger partial charge is 0.376 e. The fourth-order valence-electron chi connectivity index (χ4n) is 5.02. The van der Waals surface area contributed by atoms with Crippen LogP contribution in [0, 0.1) is 24.7 Å². The highest BCUT2D eigenvalue weighted by Gasteiger charge is 2.44. The number of benzene rings is 2. The fourth-order valence-corrected chi connectivity index (χ4v) is 5.02. The van der Waals surface area contributed by atoms with Crippen LogP contribution in [0.2, 0.25) is 0 Å². The van der Waals surface area contributed by atoms with Crippen LogP contribution in [0.5, 0.6) is 0 Å². The summed E-state index contributed by atoms with van der Waals surface area (Å²) in [6.07, 6.45) is 4.26. The van der Waals surface area contributed by atoms with Crippen molar-refractivity contribution in [2.24, 2.45) is 5.92 Å². The van der Waals surface area contributed by atoms with Gasteiger partial charge in [0.15, 0.2) is 0 Å². The monoisotopic (exact) mass is 451 g/mol. The van der Waals surface area contributed by atoms with Gasteiger partial charge in [-0.05, 0) is 67.6 Å². The van der Waals surface area contributed by atoms with Crippen molar-refractivity contribution in [3.05, 3.63) is 94.8 Å². The van der Waals surface area contributed by atoms with E-state index in [0.29, 0.717) is 29.9 Å². The van der Waals surface area contributed by atoms with Crippen molar-refractivity contribution in [2.75, 3.05) is 25.0 Å². The molecule has 1 unspecified atom stereocenters. The molecule has 3 aliphatic rings. The molecule has 1 atom stereocenters. The first kappa shape index (κ1) is 22.3. The number of aromatic nitrogens is 1. The van der Waals surface area contributed by atoms with E-state index in [0.717, 1.165) is 42.6 Å². The Kier molecular flexibility index (Phi) is 6.19. The molecule has 5 heteroatoms. The van der Waals surface area contributed by atoms with Crippen molar-refractivity contribution >= 4 is 11.6 Å². The Morgan fingerprint density at radius 3 is 2.59 bits per heavy atom. The van der Waals surface area contributed by atoms with Gasteiger partial charge in [-0.3, -0.25) is 9.69 Å². The van der Waals surface area contributed by atoms with E-state index in [-0.39, 0.29) is 11.8 Å². The Balaban J connectivity index is 1.45. The topological polar surface area (TPSA) is 65.5 Å². The third-order valence-corrected chi connectivity index (χ3v) is 6.98. The third-order valence-electron chi connectivity index (χ3n) is 6.98. The molecule has 3 aromatic rings. The molecule has 3 fully saturated rings. The standard InChI is InChI=1S/C29H29N3O2/c1-21-7-5-6-10-26(21)28(33)31-25-18-23(17-22-8-3-2-4-9-22)27(30-19-25)11-14-29(34)20-32-15-12-24(29)13-16-32/h2-10,18-19,24,34H,12-13,15-17,20H2,1H3,(H,31,33). The first-order valence-electron chi connectivity index (χ1n) is 11.9. The molecule has 3 aliphatic heterocycles. The molecule has 3 saturated heterocycles. The quantitative estimate of drug-likeness (QED) is 0.588. The van der Waals surface area contributed by atoms with E-state index in [1.807, 2.05) is 55.5 Å². The molecule has 5 nitrogen and oxygen atoms in total. The van der Waals surface area contributed by atoms with Crippen molar-refractivity contribution in [1.82, 2.24) is 9.88 Å². The van der Waals surface area contributed by atoms with Crippen LogP contribution in [0.15, 0.2) is 66.9 Å². The molecule has 4 heterocycles. The second-order valence-corrected chi connectivity index (χ2v) is 9.39. The zero-order valence-corrected chi connectivity index (χ0v) is 19.4. The van der Waals surface area contributed by atoms with Crippen LogP contribution in [0.3, 0.4) is 0 Å². The minimum absolute atomic E-state index is 0.161. The molecular formula is C29H29N3O2. The minimum Gasteiger partial charge on any atom is -0.376 e. The number of amides is 1. The van der Waals surface area contributed by atoms with Crippen LogP contribution in [0.4, 0.5) is 5.69 Å². The smallest absolute Gasteiger partial charge is 0.255 e. The number of carbonyl (C=O) groups excluding carboxylic acids is 1. The summed E-state index contributed by atoms with van der Waals surface area (Å²) in [6.45, 7) is 4.61. The van der Waals surface area contributed by atoms with Gasteiger partial charge in [-0.25, -0.2) is 4.98 Å². The molecule has 34 heavy (non-hydrogen) atoms. The highest BCUT2D eigenvalue weighted by Crippen LogP contribution is 2.35. The van der Waals surface area contributed by atoms with Gasteiger partial charge >= 0.3 is 0 Å². The first-order valence-corrected chi connectivity index (χ1v) is 11.9. The Morgan fingerprint density at radius 2 is 1.88 bits per heavy atom. The number of nitrogens with zero attached hydrogens (tertiary/aromatic N) is 2. The lowest BCUT2D eigenvalue weighted by molar-refractivity contribution is -0.0713. The maximum Gasteiger partial charge on any atom is 0.255 e. The molecule has 2 bridgehead atoms. The number of hydrogen-bond acceptors (Lipinski definition) is 4. The average Bonchev–Trinajstić information content (AvgIpc) is 2.85. The minimum atomic E-state index is -0.986. The lowest BCUT2D eigenvalue weighted by Gasteiger charge is -2.47. The Hall–Kier alpha value is -3.46. The lowest BCUT2D eigenvalue weighted by atomic mass is 9.76. The van der Waals surface area contributed by atoms with Gasteiger partial charge in [0.05, 0.1) is 11.9 Å². The Morgan fingerprint density at radius 1 is 1.15 bits per heavy atom. The number of pyridine rings is 1.